The number of hydrogen-bond acceptors (Lipinski definition) is 3. The van der Waals surface area contributed by atoms with Gasteiger partial charge in [0.15, 0.2) is 0 Å². The summed E-state index contributed by atoms with van der Waals surface area (Å²) in [4.78, 5) is 27.7. The van der Waals surface area contributed by atoms with Crippen LogP contribution in [0.4, 0.5) is 13.6 Å². The first-order chi connectivity index (χ1) is 13.9. The highest BCUT2D eigenvalue weighted by atomic mass is 19.1. The van der Waals surface area contributed by atoms with Crippen LogP contribution in [-0.4, -0.2) is 66.7 Å². The number of urea groups is 1. The Morgan fingerprint density at radius 3 is 2.86 bits per heavy atom. The number of hydrogen-bond donors (Lipinski definition) is 1. The van der Waals surface area contributed by atoms with Crippen molar-refractivity contribution < 1.29 is 23.1 Å². The number of aryl methyl sites for hydroxylation is 1. The number of carbonyl (C=O) groups excluding carboxylic acids is 2. The summed E-state index contributed by atoms with van der Waals surface area (Å²) in [6, 6.07) is 4.33. The normalized spacial score (nSPS) is 25.8. The van der Waals surface area contributed by atoms with Gasteiger partial charge in [-0.05, 0) is 49.3 Å². The number of nitrogens with zero attached hydrogens (tertiary/aromatic N) is 2. The van der Waals surface area contributed by atoms with Gasteiger partial charge in [-0.3, -0.25) is 4.79 Å². The number of ether oxygens (including phenoxy) is 1. The molecule has 1 N–H and O–H groups in total. The molecule has 3 heterocycles. The van der Waals surface area contributed by atoms with Crippen LogP contribution >= 0.6 is 0 Å². The van der Waals surface area contributed by atoms with Crippen molar-refractivity contribution in [2.45, 2.75) is 44.5 Å². The van der Waals surface area contributed by atoms with E-state index >= 15 is 0 Å². The molecule has 8 heteroatoms. The fourth-order valence-corrected chi connectivity index (χ4v) is 4.33. The monoisotopic (exact) mass is 407 g/mol. The molecule has 0 aliphatic carbocycles. The molecule has 0 bridgehead atoms. The lowest BCUT2D eigenvalue weighted by molar-refractivity contribution is -0.139. The van der Waals surface area contributed by atoms with E-state index in [0.717, 1.165) is 0 Å². The van der Waals surface area contributed by atoms with Crippen LogP contribution < -0.4 is 5.32 Å². The molecule has 4 rings (SSSR count). The van der Waals surface area contributed by atoms with Crippen LogP contribution in [0.25, 0.3) is 0 Å². The van der Waals surface area contributed by atoms with Gasteiger partial charge in [-0.2, -0.15) is 0 Å². The van der Waals surface area contributed by atoms with Gasteiger partial charge in [-0.25, -0.2) is 13.6 Å². The van der Waals surface area contributed by atoms with Gasteiger partial charge >= 0.3 is 6.03 Å². The van der Waals surface area contributed by atoms with Crippen molar-refractivity contribution in [2.75, 3.05) is 32.8 Å². The second kappa shape index (κ2) is 8.26. The molecule has 29 heavy (non-hydrogen) atoms. The van der Waals surface area contributed by atoms with Crippen LogP contribution in [0, 0.1) is 18.7 Å². The largest absolute Gasteiger partial charge is 0.366 e. The minimum absolute atomic E-state index is 0.0195. The summed E-state index contributed by atoms with van der Waals surface area (Å²) < 4.78 is 33.5. The van der Waals surface area contributed by atoms with E-state index in [4.69, 9.17) is 4.74 Å². The van der Waals surface area contributed by atoms with Gasteiger partial charge in [0.25, 0.3) is 0 Å². The summed E-state index contributed by atoms with van der Waals surface area (Å²) in [5.41, 5.74) is 0.887. The van der Waals surface area contributed by atoms with Crippen molar-refractivity contribution in [1.82, 2.24) is 15.1 Å². The fraction of sp³-hybridized carbons (Fsp3) is 0.619. The Kier molecular flexibility index (Phi) is 5.72. The molecular weight excluding hydrogens is 380 g/mol. The molecule has 3 atom stereocenters. The van der Waals surface area contributed by atoms with Crippen LogP contribution in [0.1, 0.15) is 36.6 Å². The quantitative estimate of drug-likeness (QED) is 0.835. The number of piperidine rings is 1. The maximum atomic E-state index is 14.4. The Bertz CT molecular complexity index is 784. The Morgan fingerprint density at radius 2 is 2.10 bits per heavy atom. The number of alkyl halides is 1. The van der Waals surface area contributed by atoms with Crippen molar-refractivity contribution in [3.63, 3.8) is 0 Å². The third-order valence-corrected chi connectivity index (χ3v) is 6.21. The topological polar surface area (TPSA) is 61.9 Å². The smallest absolute Gasteiger partial charge is 0.320 e. The van der Waals surface area contributed by atoms with Crippen LogP contribution in [0.15, 0.2) is 18.2 Å². The van der Waals surface area contributed by atoms with E-state index in [1.54, 1.807) is 28.9 Å². The Labute approximate surface area is 169 Å². The highest BCUT2D eigenvalue weighted by Crippen LogP contribution is 2.30. The van der Waals surface area contributed by atoms with Gasteiger partial charge in [0.05, 0.1) is 12.1 Å². The number of likely N-dealkylation sites (tertiary alicyclic amines) is 2. The molecule has 1 aromatic carbocycles. The number of nitrogens with one attached hydrogen (secondary N) is 1. The van der Waals surface area contributed by atoms with Gasteiger partial charge in [-0.1, -0.05) is 12.1 Å². The molecule has 3 amide bonds. The lowest BCUT2D eigenvalue weighted by atomic mass is 9.92. The summed E-state index contributed by atoms with van der Waals surface area (Å²) in [6.07, 6.45) is 0.490. The summed E-state index contributed by atoms with van der Waals surface area (Å²) in [5, 5.41) is 2.90. The zero-order chi connectivity index (χ0) is 20.5. The van der Waals surface area contributed by atoms with Crippen molar-refractivity contribution >= 4 is 11.9 Å². The van der Waals surface area contributed by atoms with Crippen molar-refractivity contribution in [1.29, 1.82) is 0 Å². The number of amides is 3. The van der Waals surface area contributed by atoms with E-state index in [9.17, 15) is 18.4 Å². The molecule has 3 fully saturated rings. The van der Waals surface area contributed by atoms with E-state index in [0.29, 0.717) is 56.6 Å². The molecule has 6 nitrogen and oxygen atoms in total. The van der Waals surface area contributed by atoms with Crippen LogP contribution in [-0.2, 0) is 9.53 Å². The van der Waals surface area contributed by atoms with Crippen LogP contribution in [0.3, 0.4) is 0 Å². The average Bonchev–Trinajstić information content (AvgIpc) is 2.67. The first kappa shape index (κ1) is 20.1. The predicted octanol–water partition coefficient (Wildman–Crippen LogP) is 2.57. The Hall–Kier alpha value is -2.22. The molecule has 0 radical (unpaired) electrons. The van der Waals surface area contributed by atoms with Crippen LogP contribution in [0.2, 0.25) is 0 Å². The van der Waals surface area contributed by atoms with Gasteiger partial charge in [0.2, 0.25) is 5.91 Å². The van der Waals surface area contributed by atoms with Gasteiger partial charge < -0.3 is 19.9 Å². The summed E-state index contributed by atoms with van der Waals surface area (Å²) in [5.74, 6) is -0.254. The van der Waals surface area contributed by atoms with Crippen molar-refractivity contribution in [2.24, 2.45) is 5.92 Å². The highest BCUT2D eigenvalue weighted by Gasteiger charge is 2.40. The minimum atomic E-state index is -1.19. The number of halogens is 2. The molecule has 0 saturated carbocycles. The highest BCUT2D eigenvalue weighted by molar-refractivity contribution is 5.79. The number of carbonyl (C=O) groups is 2. The summed E-state index contributed by atoms with van der Waals surface area (Å²) >= 11 is 0. The first-order valence-corrected chi connectivity index (χ1v) is 10.3. The lowest BCUT2D eigenvalue weighted by Gasteiger charge is -2.46. The van der Waals surface area contributed by atoms with Gasteiger partial charge in [0.1, 0.15) is 18.6 Å². The Morgan fingerprint density at radius 1 is 1.31 bits per heavy atom. The number of rotatable bonds is 4. The molecule has 0 aromatic heterocycles. The fourth-order valence-electron chi connectivity index (χ4n) is 4.33. The molecule has 3 aliphatic rings. The standard InChI is InChI=1S/C21H27F2N3O3/c1-13-2-4-15(8-17(13)23)16(22)5-3-14-9-26(10-14)21(28)25-7-6-19-18(11-25)24-20(27)12-29-19/h2,4,8,14,16,18-19H,3,5-7,9-12H2,1H3,(H,24,27)/t16?,18-,19+/m1/s1. The van der Waals surface area contributed by atoms with E-state index in [1.807, 2.05) is 0 Å². The average molecular weight is 407 g/mol. The molecular formula is C21H27F2N3O3. The SMILES string of the molecule is Cc1ccc(C(F)CCC2CN(C(=O)N3CC[C@@H]4OCC(=O)N[C@@H]4C3)C2)cc1F. The number of benzene rings is 1. The molecule has 158 valence electrons. The first-order valence-electron chi connectivity index (χ1n) is 10.3. The number of morpholine rings is 1. The zero-order valence-corrected chi connectivity index (χ0v) is 16.6. The summed E-state index contributed by atoms with van der Waals surface area (Å²) in [7, 11) is 0. The lowest BCUT2D eigenvalue weighted by Crippen LogP contribution is -2.64. The van der Waals surface area contributed by atoms with E-state index in [2.05, 4.69) is 5.32 Å². The van der Waals surface area contributed by atoms with E-state index < -0.39 is 6.17 Å². The molecule has 1 aromatic rings. The Balaban J connectivity index is 1.21. The van der Waals surface area contributed by atoms with E-state index in [1.165, 1.54) is 6.07 Å². The van der Waals surface area contributed by atoms with E-state index in [-0.39, 0.29) is 42.4 Å². The maximum Gasteiger partial charge on any atom is 0.320 e. The van der Waals surface area contributed by atoms with Crippen molar-refractivity contribution in [3.05, 3.63) is 35.1 Å². The molecule has 3 aliphatic heterocycles. The molecule has 3 saturated heterocycles. The van der Waals surface area contributed by atoms with Crippen molar-refractivity contribution in [3.8, 4) is 0 Å². The second-order valence-electron chi connectivity index (χ2n) is 8.37. The zero-order valence-electron chi connectivity index (χ0n) is 16.6. The number of fused-ring (bicyclic) bond motifs is 1. The summed E-state index contributed by atoms with van der Waals surface area (Å²) in [6.45, 7) is 4.05. The van der Waals surface area contributed by atoms with Gasteiger partial charge in [0, 0.05) is 26.2 Å². The van der Waals surface area contributed by atoms with Crippen LogP contribution in [0.5, 0.6) is 0 Å². The molecule has 0 spiro atoms. The minimum Gasteiger partial charge on any atom is -0.366 e. The second-order valence-corrected chi connectivity index (χ2v) is 8.37. The molecule has 1 unspecified atom stereocenters. The maximum absolute atomic E-state index is 14.4. The third kappa shape index (κ3) is 4.37. The van der Waals surface area contributed by atoms with Gasteiger partial charge in [-0.15, -0.1) is 0 Å². The predicted molar refractivity (Wildman–Crippen MR) is 103 cm³/mol. The third-order valence-electron chi connectivity index (χ3n) is 6.21.